The van der Waals surface area contributed by atoms with Gasteiger partial charge < -0.3 is 26.0 Å². The third-order valence-corrected chi connectivity index (χ3v) is 5.52. The van der Waals surface area contributed by atoms with Crippen molar-refractivity contribution in [3.63, 3.8) is 0 Å². The minimum Gasteiger partial charge on any atom is -0.489 e. The average Bonchev–Trinajstić information content (AvgIpc) is 2.66. The Labute approximate surface area is 171 Å². The minimum absolute atomic E-state index is 0.0286. The van der Waals surface area contributed by atoms with Crippen molar-refractivity contribution in [3.05, 3.63) is 47.4 Å². The highest BCUT2D eigenvalue weighted by molar-refractivity contribution is 6.30. The van der Waals surface area contributed by atoms with Gasteiger partial charge in [0.1, 0.15) is 12.4 Å². The van der Waals surface area contributed by atoms with Crippen molar-refractivity contribution in [1.82, 2.24) is 9.80 Å². The van der Waals surface area contributed by atoms with Gasteiger partial charge in [-0.1, -0.05) is 18.5 Å². The van der Waals surface area contributed by atoms with Crippen LogP contribution in [0.1, 0.15) is 13.3 Å². The summed E-state index contributed by atoms with van der Waals surface area (Å²) >= 11 is 6.03. The summed E-state index contributed by atoms with van der Waals surface area (Å²) in [6.45, 7) is 5.63. The van der Waals surface area contributed by atoms with Gasteiger partial charge >= 0.3 is 6.03 Å². The van der Waals surface area contributed by atoms with Crippen LogP contribution in [0.4, 0.5) is 10.5 Å². The lowest BCUT2D eigenvalue weighted by Crippen LogP contribution is -2.56. The van der Waals surface area contributed by atoms with Gasteiger partial charge in [0.15, 0.2) is 0 Å². The van der Waals surface area contributed by atoms with Crippen LogP contribution in [0, 0.1) is 5.41 Å². The van der Waals surface area contributed by atoms with Gasteiger partial charge in [-0.05, 0) is 36.9 Å². The number of anilines is 1. The number of likely N-dealkylation sites (tertiary alicyclic amines) is 1. The molecule has 7 nitrogen and oxygen atoms in total. The van der Waals surface area contributed by atoms with E-state index in [-0.39, 0.29) is 11.4 Å². The lowest BCUT2D eigenvalue weighted by atomic mass is 9.79. The maximum atomic E-state index is 13.0. The molecule has 4 N–H and O–H groups in total. The summed E-state index contributed by atoms with van der Waals surface area (Å²) in [7, 11) is 1.84. The summed E-state index contributed by atoms with van der Waals surface area (Å²) in [4.78, 5) is 18.6. The van der Waals surface area contributed by atoms with Gasteiger partial charge in [-0.2, -0.15) is 0 Å². The molecule has 0 atom stereocenters. The predicted molar refractivity (Wildman–Crippen MR) is 112 cm³/mol. The predicted octanol–water partition coefficient (Wildman–Crippen LogP) is 2.58. The summed E-state index contributed by atoms with van der Waals surface area (Å²) in [5.74, 6) is 1.36. The zero-order chi connectivity index (χ0) is 20.3. The Bertz CT molecular complexity index is 789. The molecule has 28 heavy (non-hydrogen) atoms. The molecule has 0 saturated carbocycles. The highest BCUT2D eigenvalue weighted by Crippen LogP contribution is 2.36. The van der Waals surface area contributed by atoms with Crippen LogP contribution >= 0.6 is 11.6 Å². The number of hydrogen-bond donors (Lipinski definition) is 2. The SMILES string of the molecule is CN(CCC1(C)CN(/C(N)=C/C=C\N)C1)C(=O)N1CCOc2cc(Cl)ccc21. The molecule has 0 bridgehead atoms. The van der Waals surface area contributed by atoms with Crippen LogP contribution in [0.3, 0.4) is 0 Å². The van der Waals surface area contributed by atoms with Gasteiger partial charge in [0.25, 0.3) is 0 Å². The fraction of sp³-hybridized carbons (Fsp3) is 0.450. The van der Waals surface area contributed by atoms with E-state index in [1.54, 1.807) is 34.1 Å². The first-order valence-corrected chi connectivity index (χ1v) is 9.75. The van der Waals surface area contributed by atoms with E-state index < -0.39 is 0 Å². The summed E-state index contributed by atoms with van der Waals surface area (Å²) in [6, 6.07) is 5.33. The van der Waals surface area contributed by atoms with E-state index in [1.807, 2.05) is 13.1 Å². The highest BCUT2D eigenvalue weighted by atomic mass is 35.5. The van der Waals surface area contributed by atoms with E-state index in [0.717, 1.165) is 25.2 Å². The summed E-state index contributed by atoms with van der Waals surface area (Å²) in [5.41, 5.74) is 12.3. The molecule has 2 heterocycles. The molecule has 0 unspecified atom stereocenters. The number of nitrogens with zero attached hydrogens (tertiary/aromatic N) is 3. The zero-order valence-electron chi connectivity index (χ0n) is 16.4. The number of carbonyl (C=O) groups excluding carboxylic acids is 1. The van der Waals surface area contributed by atoms with Crippen molar-refractivity contribution in [1.29, 1.82) is 0 Å². The number of allylic oxidation sites excluding steroid dienone is 2. The largest absolute Gasteiger partial charge is 0.489 e. The van der Waals surface area contributed by atoms with Crippen molar-refractivity contribution in [2.75, 3.05) is 44.7 Å². The van der Waals surface area contributed by atoms with E-state index >= 15 is 0 Å². The standard InChI is InChI=1S/C20H28ClN5O2/c1-20(13-25(14-20)18(23)4-3-8-22)7-9-24(2)19(27)26-10-11-28-17-12-15(21)5-6-16(17)26/h3-6,8,12H,7,9-11,13-14,22-23H2,1-2H3/b8-3-,18-4+. The fourth-order valence-corrected chi connectivity index (χ4v) is 3.77. The second kappa shape index (κ2) is 8.22. The second-order valence-corrected chi connectivity index (χ2v) is 8.15. The lowest BCUT2D eigenvalue weighted by molar-refractivity contribution is 0.0322. The number of hydrogen-bond acceptors (Lipinski definition) is 5. The molecule has 8 heteroatoms. The first-order valence-electron chi connectivity index (χ1n) is 9.37. The first kappa shape index (κ1) is 20.2. The van der Waals surface area contributed by atoms with E-state index in [9.17, 15) is 4.79 Å². The smallest absolute Gasteiger partial charge is 0.324 e. The molecule has 2 amide bonds. The normalized spacial score (nSPS) is 18.5. The van der Waals surface area contributed by atoms with Crippen molar-refractivity contribution in [3.8, 4) is 5.75 Å². The van der Waals surface area contributed by atoms with Crippen molar-refractivity contribution in [2.24, 2.45) is 16.9 Å². The molecule has 3 rings (SSSR count). The molecule has 152 valence electrons. The summed E-state index contributed by atoms with van der Waals surface area (Å²) in [5, 5.41) is 0.596. The van der Waals surface area contributed by atoms with E-state index in [0.29, 0.717) is 36.3 Å². The lowest BCUT2D eigenvalue weighted by Gasteiger charge is -2.50. The Balaban J connectivity index is 1.55. The van der Waals surface area contributed by atoms with Gasteiger partial charge in [0, 0.05) is 43.2 Å². The van der Waals surface area contributed by atoms with Crippen LogP contribution in [-0.4, -0.2) is 55.7 Å². The van der Waals surface area contributed by atoms with Crippen LogP contribution in [0.5, 0.6) is 5.75 Å². The van der Waals surface area contributed by atoms with Crippen LogP contribution < -0.4 is 21.1 Å². The van der Waals surface area contributed by atoms with Crippen LogP contribution in [0.25, 0.3) is 0 Å². The molecule has 0 aliphatic carbocycles. The topological polar surface area (TPSA) is 88.1 Å². The number of nitrogens with two attached hydrogens (primary N) is 2. The number of amides is 2. The zero-order valence-corrected chi connectivity index (χ0v) is 17.2. The molecule has 0 radical (unpaired) electrons. The van der Waals surface area contributed by atoms with Crippen LogP contribution in [-0.2, 0) is 0 Å². The molecule has 1 aromatic carbocycles. The molecule has 1 saturated heterocycles. The molecule has 0 spiro atoms. The number of fused-ring (bicyclic) bond motifs is 1. The second-order valence-electron chi connectivity index (χ2n) is 7.71. The molecule has 1 aromatic rings. The van der Waals surface area contributed by atoms with Crippen molar-refractivity contribution in [2.45, 2.75) is 13.3 Å². The molecule has 2 aliphatic heterocycles. The Morgan fingerprint density at radius 2 is 2.18 bits per heavy atom. The van der Waals surface area contributed by atoms with E-state index in [1.165, 1.54) is 6.20 Å². The van der Waals surface area contributed by atoms with Crippen LogP contribution in [0.2, 0.25) is 5.02 Å². The maximum Gasteiger partial charge on any atom is 0.324 e. The molecule has 2 aliphatic rings. The monoisotopic (exact) mass is 405 g/mol. The van der Waals surface area contributed by atoms with Gasteiger partial charge in [-0.3, -0.25) is 4.90 Å². The van der Waals surface area contributed by atoms with Crippen LogP contribution in [0.15, 0.2) is 42.4 Å². The van der Waals surface area contributed by atoms with Gasteiger partial charge in [-0.25, -0.2) is 4.79 Å². The number of halogens is 1. The Hall–Kier alpha value is -2.54. The summed E-state index contributed by atoms with van der Waals surface area (Å²) < 4.78 is 5.64. The third kappa shape index (κ3) is 4.30. The van der Waals surface area contributed by atoms with Gasteiger partial charge in [0.05, 0.1) is 18.1 Å². The number of carbonyl (C=O) groups is 1. The number of benzene rings is 1. The number of ether oxygens (including phenoxy) is 1. The highest BCUT2D eigenvalue weighted by Gasteiger charge is 2.39. The van der Waals surface area contributed by atoms with Gasteiger partial charge in [-0.15, -0.1) is 0 Å². The van der Waals surface area contributed by atoms with E-state index in [4.69, 9.17) is 27.8 Å². The number of urea groups is 1. The van der Waals surface area contributed by atoms with Gasteiger partial charge in [0.2, 0.25) is 0 Å². The molecule has 0 aromatic heterocycles. The molecular weight excluding hydrogens is 378 g/mol. The third-order valence-electron chi connectivity index (χ3n) is 5.28. The number of rotatable bonds is 5. The average molecular weight is 406 g/mol. The molecular formula is C20H28ClN5O2. The fourth-order valence-electron chi connectivity index (χ4n) is 3.61. The minimum atomic E-state index is -0.0286. The van der Waals surface area contributed by atoms with Crippen molar-refractivity contribution >= 4 is 23.3 Å². The summed E-state index contributed by atoms with van der Waals surface area (Å²) in [6.07, 6.45) is 5.90. The quantitative estimate of drug-likeness (QED) is 0.735. The maximum absolute atomic E-state index is 13.0. The van der Waals surface area contributed by atoms with Crippen molar-refractivity contribution < 1.29 is 9.53 Å². The Kier molecular flexibility index (Phi) is 5.93. The Morgan fingerprint density at radius 3 is 2.89 bits per heavy atom. The Morgan fingerprint density at radius 1 is 1.43 bits per heavy atom. The molecule has 1 fully saturated rings. The first-order chi connectivity index (χ1) is 13.3. The van der Waals surface area contributed by atoms with E-state index in [2.05, 4.69) is 11.8 Å².